The van der Waals surface area contributed by atoms with Gasteiger partial charge in [0.2, 0.25) is 15.9 Å². The van der Waals surface area contributed by atoms with Crippen LogP contribution in [0.1, 0.15) is 29.5 Å². The van der Waals surface area contributed by atoms with Crippen LogP contribution in [0, 0.1) is 26.7 Å². The van der Waals surface area contributed by atoms with Gasteiger partial charge in [0.05, 0.1) is 16.5 Å². The van der Waals surface area contributed by atoms with Crippen molar-refractivity contribution >= 4 is 33.2 Å². The number of carbonyl (C=O) groups is 1. The Hall–Kier alpha value is -2.87. The number of piperidine rings is 1. The molecule has 1 N–H and O–H groups in total. The summed E-state index contributed by atoms with van der Waals surface area (Å²) in [7, 11) is -3.73. The molecular weight excluding hydrogens is 484 g/mol. The standard InChI is InChI=1S/C27H29ClN2O4S/c1-18-14-19(2)26(20(3)15-18)35(32,33)30-13-7-8-21(17-30)27(31)29-24-16-22(28)11-12-25(24)34-23-9-5-4-6-10-23/h4-6,9-12,14-16,21H,7-8,13,17H2,1-3H3,(H,29,31)/t21-/m0/s1. The molecule has 8 heteroatoms. The lowest BCUT2D eigenvalue weighted by Gasteiger charge is -2.32. The Morgan fingerprint density at radius 3 is 2.40 bits per heavy atom. The van der Waals surface area contributed by atoms with Crippen LogP contribution in [0.4, 0.5) is 5.69 Å². The molecule has 4 rings (SSSR count). The van der Waals surface area contributed by atoms with Gasteiger partial charge in [0, 0.05) is 18.1 Å². The van der Waals surface area contributed by atoms with Gasteiger partial charge in [-0.05, 0) is 75.1 Å². The van der Waals surface area contributed by atoms with Crippen LogP contribution in [0.3, 0.4) is 0 Å². The zero-order valence-electron chi connectivity index (χ0n) is 20.0. The van der Waals surface area contributed by atoms with Gasteiger partial charge < -0.3 is 10.1 Å². The molecule has 6 nitrogen and oxygen atoms in total. The Bertz CT molecular complexity index is 1320. The number of ether oxygens (including phenoxy) is 1. The van der Waals surface area contributed by atoms with Crippen molar-refractivity contribution in [3.63, 3.8) is 0 Å². The van der Waals surface area contributed by atoms with E-state index < -0.39 is 15.9 Å². The molecule has 0 bridgehead atoms. The minimum Gasteiger partial charge on any atom is -0.455 e. The molecule has 0 aromatic heterocycles. The summed E-state index contributed by atoms with van der Waals surface area (Å²) >= 11 is 6.19. The summed E-state index contributed by atoms with van der Waals surface area (Å²) in [5.41, 5.74) is 2.90. The van der Waals surface area contributed by atoms with Crippen LogP contribution in [-0.2, 0) is 14.8 Å². The minimum atomic E-state index is -3.73. The number of anilines is 1. The average Bonchev–Trinajstić information content (AvgIpc) is 2.81. The predicted octanol–water partition coefficient (Wildman–Crippen LogP) is 6.10. The van der Waals surface area contributed by atoms with Crippen molar-refractivity contribution in [1.29, 1.82) is 0 Å². The molecule has 0 aliphatic carbocycles. The van der Waals surface area contributed by atoms with E-state index in [1.165, 1.54) is 4.31 Å². The Morgan fingerprint density at radius 1 is 1.03 bits per heavy atom. The molecule has 3 aromatic rings. The van der Waals surface area contributed by atoms with E-state index in [-0.39, 0.29) is 12.5 Å². The summed E-state index contributed by atoms with van der Waals surface area (Å²) in [6, 6.07) is 18.0. The summed E-state index contributed by atoms with van der Waals surface area (Å²) in [6.07, 6.45) is 1.20. The van der Waals surface area contributed by atoms with Gasteiger partial charge in [0.25, 0.3) is 0 Å². The Balaban J connectivity index is 1.53. The first kappa shape index (κ1) is 25.2. The fraction of sp³-hybridized carbons (Fsp3) is 0.296. The SMILES string of the molecule is Cc1cc(C)c(S(=O)(=O)N2CCC[C@H](C(=O)Nc3cc(Cl)ccc3Oc3ccccc3)C2)c(C)c1. The molecule has 0 radical (unpaired) electrons. The van der Waals surface area contributed by atoms with Crippen LogP contribution < -0.4 is 10.1 Å². The number of sulfonamides is 1. The molecule has 184 valence electrons. The van der Waals surface area contributed by atoms with Crippen molar-refractivity contribution in [3.8, 4) is 11.5 Å². The monoisotopic (exact) mass is 512 g/mol. The molecule has 0 saturated carbocycles. The maximum absolute atomic E-state index is 13.5. The van der Waals surface area contributed by atoms with Crippen LogP contribution in [0.15, 0.2) is 65.6 Å². The summed E-state index contributed by atoms with van der Waals surface area (Å²) in [6.45, 7) is 6.08. The number of amides is 1. The summed E-state index contributed by atoms with van der Waals surface area (Å²) in [4.78, 5) is 13.6. The van der Waals surface area contributed by atoms with Crippen LogP contribution >= 0.6 is 11.6 Å². The van der Waals surface area contributed by atoms with Crippen molar-refractivity contribution in [2.75, 3.05) is 18.4 Å². The molecule has 1 saturated heterocycles. The normalized spacial score (nSPS) is 16.6. The smallest absolute Gasteiger partial charge is 0.243 e. The van der Waals surface area contributed by atoms with E-state index in [9.17, 15) is 13.2 Å². The predicted molar refractivity (Wildman–Crippen MR) is 139 cm³/mol. The van der Waals surface area contributed by atoms with Crippen LogP contribution in [0.25, 0.3) is 0 Å². The van der Waals surface area contributed by atoms with Crippen LogP contribution in [0.2, 0.25) is 5.02 Å². The van der Waals surface area contributed by atoms with E-state index in [0.717, 1.165) is 16.7 Å². The molecule has 1 atom stereocenters. The number of nitrogens with zero attached hydrogens (tertiary/aromatic N) is 1. The number of benzene rings is 3. The third kappa shape index (κ3) is 5.69. The molecule has 35 heavy (non-hydrogen) atoms. The molecule has 3 aromatic carbocycles. The van der Waals surface area contributed by atoms with E-state index in [1.807, 2.05) is 63.2 Å². The zero-order chi connectivity index (χ0) is 25.2. The molecule has 1 aliphatic rings. The van der Waals surface area contributed by atoms with Gasteiger partial charge in [-0.1, -0.05) is 47.5 Å². The number of hydrogen-bond donors (Lipinski definition) is 1. The Kier molecular flexibility index (Phi) is 7.50. The van der Waals surface area contributed by atoms with Crippen LogP contribution in [0.5, 0.6) is 11.5 Å². The van der Waals surface area contributed by atoms with Gasteiger partial charge in [0.15, 0.2) is 5.75 Å². The van der Waals surface area contributed by atoms with Crippen molar-refractivity contribution in [2.24, 2.45) is 5.92 Å². The second-order valence-electron chi connectivity index (χ2n) is 8.97. The van der Waals surface area contributed by atoms with Crippen molar-refractivity contribution in [3.05, 3.63) is 82.4 Å². The molecule has 0 spiro atoms. The zero-order valence-corrected chi connectivity index (χ0v) is 21.6. The topological polar surface area (TPSA) is 75.7 Å². The molecule has 0 unspecified atom stereocenters. The number of aryl methyl sites for hydroxylation is 3. The second kappa shape index (κ2) is 10.4. The molecule has 1 amide bonds. The summed E-state index contributed by atoms with van der Waals surface area (Å²) in [5, 5.41) is 3.37. The lowest BCUT2D eigenvalue weighted by molar-refractivity contribution is -0.120. The quantitative estimate of drug-likeness (QED) is 0.433. The fourth-order valence-corrected chi connectivity index (χ4v) is 6.72. The first-order chi connectivity index (χ1) is 16.6. The van der Waals surface area contributed by atoms with Crippen LogP contribution in [-0.4, -0.2) is 31.7 Å². The number of halogens is 1. The first-order valence-electron chi connectivity index (χ1n) is 11.6. The number of carbonyl (C=O) groups excluding carboxylic acids is 1. The highest BCUT2D eigenvalue weighted by molar-refractivity contribution is 7.89. The second-order valence-corrected chi connectivity index (χ2v) is 11.3. The van der Waals surface area contributed by atoms with E-state index >= 15 is 0 Å². The highest BCUT2D eigenvalue weighted by atomic mass is 35.5. The number of para-hydroxylation sites is 1. The summed E-state index contributed by atoms with van der Waals surface area (Å²) < 4.78 is 34.4. The van der Waals surface area contributed by atoms with Gasteiger partial charge >= 0.3 is 0 Å². The highest BCUT2D eigenvalue weighted by Gasteiger charge is 2.35. The largest absolute Gasteiger partial charge is 0.455 e. The Morgan fingerprint density at radius 2 is 1.71 bits per heavy atom. The third-order valence-corrected chi connectivity index (χ3v) is 8.53. The fourth-order valence-electron chi connectivity index (χ4n) is 4.62. The van der Waals surface area contributed by atoms with E-state index in [1.54, 1.807) is 18.2 Å². The van der Waals surface area contributed by atoms with Crippen molar-refractivity contribution < 1.29 is 17.9 Å². The van der Waals surface area contributed by atoms with Crippen molar-refractivity contribution in [1.82, 2.24) is 4.31 Å². The van der Waals surface area contributed by atoms with Crippen molar-refractivity contribution in [2.45, 2.75) is 38.5 Å². The number of rotatable bonds is 6. The number of nitrogens with one attached hydrogen (secondary N) is 1. The maximum atomic E-state index is 13.5. The first-order valence-corrected chi connectivity index (χ1v) is 13.4. The maximum Gasteiger partial charge on any atom is 0.243 e. The lowest BCUT2D eigenvalue weighted by atomic mass is 9.98. The molecule has 1 heterocycles. The molecular formula is C27H29ClN2O4S. The van der Waals surface area contributed by atoms with Gasteiger partial charge in [-0.2, -0.15) is 4.31 Å². The Labute approximate surface area is 211 Å². The average molecular weight is 513 g/mol. The van der Waals surface area contributed by atoms with E-state index in [0.29, 0.717) is 46.5 Å². The highest BCUT2D eigenvalue weighted by Crippen LogP contribution is 2.34. The minimum absolute atomic E-state index is 0.121. The van der Waals surface area contributed by atoms with Gasteiger partial charge in [-0.25, -0.2) is 8.42 Å². The third-order valence-electron chi connectivity index (χ3n) is 6.13. The molecule has 1 fully saturated rings. The van der Waals surface area contributed by atoms with Gasteiger partial charge in [0.1, 0.15) is 5.75 Å². The van der Waals surface area contributed by atoms with Gasteiger partial charge in [-0.3, -0.25) is 4.79 Å². The lowest BCUT2D eigenvalue weighted by Crippen LogP contribution is -2.44. The number of hydrogen-bond acceptors (Lipinski definition) is 4. The van der Waals surface area contributed by atoms with Gasteiger partial charge in [-0.15, -0.1) is 0 Å². The van der Waals surface area contributed by atoms with E-state index in [4.69, 9.17) is 16.3 Å². The molecule has 1 aliphatic heterocycles. The van der Waals surface area contributed by atoms with E-state index in [2.05, 4.69) is 5.32 Å². The summed E-state index contributed by atoms with van der Waals surface area (Å²) in [5.74, 6) is 0.333.